The van der Waals surface area contributed by atoms with Crippen LogP contribution in [0.1, 0.15) is 23.6 Å². The van der Waals surface area contributed by atoms with Crippen molar-refractivity contribution in [2.24, 2.45) is 5.73 Å². The first-order chi connectivity index (χ1) is 10.3. The van der Waals surface area contributed by atoms with Gasteiger partial charge in [-0.1, -0.05) is 57.9 Å². The number of nitrogens with two attached hydrogens (primary N) is 1. The molecular formula is C18H22BrClN2O. The van der Waals surface area contributed by atoms with Crippen LogP contribution in [-0.4, -0.2) is 17.9 Å². The van der Waals surface area contributed by atoms with E-state index in [9.17, 15) is 4.79 Å². The van der Waals surface area contributed by atoms with Crippen LogP contribution in [0.2, 0.25) is 0 Å². The van der Waals surface area contributed by atoms with Crippen LogP contribution >= 0.6 is 28.3 Å². The third-order valence-electron chi connectivity index (χ3n) is 3.78. The highest BCUT2D eigenvalue weighted by molar-refractivity contribution is 9.10. The lowest BCUT2D eigenvalue weighted by Gasteiger charge is -2.30. The Kier molecular flexibility index (Phi) is 6.81. The summed E-state index contributed by atoms with van der Waals surface area (Å²) in [6.07, 6.45) is 0. The maximum absolute atomic E-state index is 12.7. The van der Waals surface area contributed by atoms with E-state index in [0.717, 1.165) is 15.6 Å². The SMILES string of the molecule is Cc1ccc(CN(C)C(=O)C(C)(N)c2ccc(Br)cc2)cc1.Cl. The van der Waals surface area contributed by atoms with E-state index < -0.39 is 5.54 Å². The first kappa shape index (κ1) is 19.7. The molecule has 23 heavy (non-hydrogen) atoms. The maximum Gasteiger partial charge on any atom is 0.247 e. The average molecular weight is 398 g/mol. The minimum absolute atomic E-state index is 0. The molecule has 0 saturated carbocycles. The second-order valence-electron chi connectivity index (χ2n) is 5.86. The molecule has 1 atom stereocenters. The first-order valence-electron chi connectivity index (χ1n) is 7.17. The van der Waals surface area contributed by atoms with E-state index in [1.807, 2.05) is 55.5 Å². The molecule has 0 aliphatic rings. The lowest BCUT2D eigenvalue weighted by Crippen LogP contribution is -2.49. The number of benzene rings is 2. The predicted molar refractivity (Wildman–Crippen MR) is 101 cm³/mol. The number of hydrogen-bond donors (Lipinski definition) is 1. The summed E-state index contributed by atoms with van der Waals surface area (Å²) < 4.78 is 0.965. The van der Waals surface area contributed by atoms with Gasteiger partial charge >= 0.3 is 0 Å². The van der Waals surface area contributed by atoms with Gasteiger partial charge in [0.25, 0.3) is 0 Å². The van der Waals surface area contributed by atoms with E-state index >= 15 is 0 Å². The Morgan fingerprint density at radius 3 is 2.17 bits per heavy atom. The minimum atomic E-state index is -1.04. The third kappa shape index (κ3) is 4.80. The predicted octanol–water partition coefficient (Wildman–Crippen LogP) is 4.01. The smallest absolute Gasteiger partial charge is 0.247 e. The van der Waals surface area contributed by atoms with E-state index in [0.29, 0.717) is 6.54 Å². The van der Waals surface area contributed by atoms with Gasteiger partial charge in [0.05, 0.1) is 0 Å². The molecule has 2 aromatic rings. The monoisotopic (exact) mass is 396 g/mol. The molecule has 2 rings (SSSR count). The van der Waals surface area contributed by atoms with Gasteiger partial charge in [0.15, 0.2) is 0 Å². The summed E-state index contributed by atoms with van der Waals surface area (Å²) >= 11 is 3.39. The quantitative estimate of drug-likeness (QED) is 0.847. The second-order valence-corrected chi connectivity index (χ2v) is 6.77. The van der Waals surface area contributed by atoms with Crippen LogP contribution in [0.5, 0.6) is 0 Å². The Morgan fingerprint density at radius 2 is 1.65 bits per heavy atom. The Labute approximate surface area is 152 Å². The summed E-state index contributed by atoms with van der Waals surface area (Å²) in [6.45, 7) is 4.34. The van der Waals surface area contributed by atoms with E-state index in [-0.39, 0.29) is 18.3 Å². The van der Waals surface area contributed by atoms with Crippen molar-refractivity contribution in [1.82, 2.24) is 4.90 Å². The van der Waals surface area contributed by atoms with Gasteiger partial charge in [0.1, 0.15) is 5.54 Å². The van der Waals surface area contributed by atoms with Gasteiger partial charge in [-0.2, -0.15) is 0 Å². The molecule has 1 amide bonds. The molecule has 124 valence electrons. The Morgan fingerprint density at radius 1 is 1.13 bits per heavy atom. The second kappa shape index (κ2) is 7.95. The van der Waals surface area contributed by atoms with Crippen LogP contribution in [0.15, 0.2) is 53.0 Å². The van der Waals surface area contributed by atoms with E-state index in [1.54, 1.807) is 18.9 Å². The number of nitrogens with zero attached hydrogens (tertiary/aromatic N) is 1. The molecule has 0 saturated heterocycles. The molecule has 2 N–H and O–H groups in total. The van der Waals surface area contributed by atoms with Crippen molar-refractivity contribution in [3.05, 3.63) is 69.7 Å². The van der Waals surface area contributed by atoms with Gasteiger partial charge in [-0.3, -0.25) is 4.79 Å². The number of likely N-dealkylation sites (N-methyl/N-ethyl adjacent to an activating group) is 1. The molecule has 0 radical (unpaired) electrons. The van der Waals surface area contributed by atoms with Crippen molar-refractivity contribution >= 4 is 34.2 Å². The van der Waals surface area contributed by atoms with Gasteiger partial charge in [-0.25, -0.2) is 0 Å². The van der Waals surface area contributed by atoms with E-state index in [2.05, 4.69) is 15.9 Å². The zero-order valence-electron chi connectivity index (χ0n) is 13.5. The van der Waals surface area contributed by atoms with Crippen molar-refractivity contribution in [2.45, 2.75) is 25.9 Å². The molecule has 0 spiro atoms. The lowest BCUT2D eigenvalue weighted by atomic mass is 9.91. The van der Waals surface area contributed by atoms with Crippen molar-refractivity contribution in [2.75, 3.05) is 7.05 Å². The summed E-state index contributed by atoms with van der Waals surface area (Å²) in [5.74, 6) is -0.101. The molecule has 5 heteroatoms. The standard InChI is InChI=1S/C18H21BrN2O.ClH/c1-13-4-6-14(7-5-13)12-21(3)17(22)18(2,20)15-8-10-16(19)11-9-15;/h4-11H,12,20H2,1-3H3;1H. The van der Waals surface area contributed by atoms with Crippen molar-refractivity contribution in [3.8, 4) is 0 Å². The fourth-order valence-corrected chi connectivity index (χ4v) is 2.62. The van der Waals surface area contributed by atoms with Crippen molar-refractivity contribution in [1.29, 1.82) is 0 Å². The van der Waals surface area contributed by atoms with Gasteiger partial charge in [0, 0.05) is 18.1 Å². The Bertz CT molecular complexity index is 654. The van der Waals surface area contributed by atoms with Crippen molar-refractivity contribution in [3.63, 3.8) is 0 Å². The van der Waals surface area contributed by atoms with Crippen LogP contribution in [-0.2, 0) is 16.9 Å². The van der Waals surface area contributed by atoms with E-state index in [4.69, 9.17) is 5.73 Å². The van der Waals surface area contributed by atoms with Crippen LogP contribution in [0.25, 0.3) is 0 Å². The number of amides is 1. The number of carbonyl (C=O) groups is 1. The maximum atomic E-state index is 12.7. The molecule has 0 aromatic heterocycles. The zero-order valence-corrected chi connectivity index (χ0v) is 15.9. The van der Waals surface area contributed by atoms with Gasteiger partial charge < -0.3 is 10.6 Å². The molecule has 2 aromatic carbocycles. The molecule has 0 aliphatic carbocycles. The Balaban J connectivity index is 0.00000264. The number of hydrogen-bond acceptors (Lipinski definition) is 2. The molecule has 0 fully saturated rings. The van der Waals surface area contributed by atoms with Gasteiger partial charge in [-0.15, -0.1) is 12.4 Å². The van der Waals surface area contributed by atoms with Gasteiger partial charge in [0.2, 0.25) is 5.91 Å². The highest BCUT2D eigenvalue weighted by atomic mass is 79.9. The van der Waals surface area contributed by atoms with Crippen LogP contribution in [0, 0.1) is 6.92 Å². The molecule has 3 nitrogen and oxygen atoms in total. The molecule has 0 heterocycles. The normalized spacial score (nSPS) is 12.9. The molecule has 0 bridgehead atoms. The zero-order chi connectivity index (χ0) is 16.3. The molecule has 1 unspecified atom stereocenters. The lowest BCUT2D eigenvalue weighted by molar-refractivity contribution is -0.136. The molecule has 0 aliphatic heterocycles. The minimum Gasteiger partial charge on any atom is -0.340 e. The van der Waals surface area contributed by atoms with Crippen molar-refractivity contribution < 1.29 is 4.79 Å². The molecular weight excluding hydrogens is 376 g/mol. The third-order valence-corrected chi connectivity index (χ3v) is 4.30. The number of halogens is 2. The van der Waals surface area contributed by atoms with E-state index in [1.165, 1.54) is 5.56 Å². The van der Waals surface area contributed by atoms with Crippen LogP contribution in [0.3, 0.4) is 0 Å². The Hall–Kier alpha value is -1.36. The van der Waals surface area contributed by atoms with Crippen LogP contribution < -0.4 is 5.73 Å². The topological polar surface area (TPSA) is 46.3 Å². The summed E-state index contributed by atoms with van der Waals surface area (Å²) in [7, 11) is 1.78. The summed E-state index contributed by atoms with van der Waals surface area (Å²) in [5.41, 5.74) is 8.36. The van der Waals surface area contributed by atoms with Gasteiger partial charge in [-0.05, 0) is 37.1 Å². The van der Waals surface area contributed by atoms with Crippen LogP contribution in [0.4, 0.5) is 0 Å². The average Bonchev–Trinajstić information content (AvgIpc) is 2.49. The summed E-state index contributed by atoms with van der Waals surface area (Å²) in [5, 5.41) is 0. The highest BCUT2D eigenvalue weighted by Gasteiger charge is 2.33. The summed E-state index contributed by atoms with van der Waals surface area (Å²) in [4.78, 5) is 14.4. The highest BCUT2D eigenvalue weighted by Crippen LogP contribution is 2.23. The first-order valence-corrected chi connectivity index (χ1v) is 7.96. The summed E-state index contributed by atoms with van der Waals surface area (Å²) in [6, 6.07) is 15.7. The largest absolute Gasteiger partial charge is 0.340 e. The number of rotatable bonds is 4. The fraction of sp³-hybridized carbons (Fsp3) is 0.278. The fourth-order valence-electron chi connectivity index (χ4n) is 2.36. The number of carbonyl (C=O) groups excluding carboxylic acids is 1. The number of aryl methyl sites for hydroxylation is 1.